The maximum Gasteiger partial charge on any atom is 0.323 e. The molecule has 0 aromatic carbocycles. The Bertz CT molecular complexity index is 314. The largest absolute Gasteiger partial charge is 0.465 e. The van der Waals surface area contributed by atoms with E-state index in [1.54, 1.807) is 0 Å². The minimum Gasteiger partial charge on any atom is -0.465 e. The Hall–Kier alpha value is -1.06. The second kappa shape index (κ2) is 12.4. The fourth-order valence-corrected chi connectivity index (χ4v) is 2.58. The normalized spacial score (nSPS) is 11.6. The highest BCUT2D eigenvalue weighted by molar-refractivity contribution is 6.00. The van der Waals surface area contributed by atoms with Crippen LogP contribution in [-0.2, 0) is 19.1 Å². The van der Waals surface area contributed by atoms with Crippen molar-refractivity contribution in [1.29, 1.82) is 0 Å². The summed E-state index contributed by atoms with van der Waals surface area (Å²) in [6.07, 6.45) is 6.94. The minimum absolute atomic E-state index is 0.136. The van der Waals surface area contributed by atoms with E-state index >= 15 is 0 Å². The van der Waals surface area contributed by atoms with Crippen LogP contribution in [0.5, 0.6) is 0 Å². The molecule has 0 N–H and O–H groups in total. The summed E-state index contributed by atoms with van der Waals surface area (Å²) in [6, 6.07) is 0. The summed E-state index contributed by atoms with van der Waals surface area (Å²) >= 11 is 0. The Labute approximate surface area is 142 Å². The Morgan fingerprint density at radius 3 is 1.57 bits per heavy atom. The molecule has 23 heavy (non-hydrogen) atoms. The van der Waals surface area contributed by atoms with Gasteiger partial charge in [0.15, 0.2) is 5.41 Å². The van der Waals surface area contributed by atoms with Crippen molar-refractivity contribution in [1.82, 2.24) is 0 Å². The molecule has 0 amide bonds. The average molecular weight is 328 g/mol. The van der Waals surface area contributed by atoms with E-state index in [9.17, 15) is 9.59 Å². The molecule has 0 fully saturated rings. The van der Waals surface area contributed by atoms with Crippen molar-refractivity contribution in [2.75, 3.05) is 13.2 Å². The number of carbonyl (C=O) groups is 2. The summed E-state index contributed by atoms with van der Waals surface area (Å²) in [6.45, 7) is 10.8. The third-order valence-corrected chi connectivity index (χ3v) is 4.35. The molecule has 0 aliphatic carbocycles. The van der Waals surface area contributed by atoms with Gasteiger partial charge in [-0.25, -0.2) is 0 Å². The van der Waals surface area contributed by atoms with Crippen molar-refractivity contribution in [3.05, 3.63) is 0 Å². The summed E-state index contributed by atoms with van der Waals surface area (Å²) in [5, 5.41) is 0. The lowest BCUT2D eigenvalue weighted by atomic mass is 9.73. The molecule has 0 saturated heterocycles. The van der Waals surface area contributed by atoms with E-state index in [4.69, 9.17) is 9.47 Å². The van der Waals surface area contributed by atoms with Gasteiger partial charge in [-0.2, -0.15) is 0 Å². The molecule has 0 bridgehead atoms. The third kappa shape index (κ3) is 6.92. The van der Waals surface area contributed by atoms with E-state index in [0.29, 0.717) is 19.6 Å². The van der Waals surface area contributed by atoms with E-state index in [0.717, 1.165) is 44.9 Å². The summed E-state index contributed by atoms with van der Waals surface area (Å²) in [4.78, 5) is 25.5. The number of carbonyl (C=O) groups excluding carboxylic acids is 2. The first kappa shape index (κ1) is 21.9. The predicted molar refractivity (Wildman–Crippen MR) is 93.1 cm³/mol. The van der Waals surface area contributed by atoms with Gasteiger partial charge in [0.25, 0.3) is 0 Å². The lowest BCUT2D eigenvalue weighted by Gasteiger charge is -2.33. The molecule has 0 aromatic rings. The number of ether oxygens (including phenoxy) is 2. The van der Waals surface area contributed by atoms with Gasteiger partial charge < -0.3 is 9.47 Å². The van der Waals surface area contributed by atoms with Crippen LogP contribution in [0.15, 0.2) is 0 Å². The second-order valence-electron chi connectivity index (χ2n) is 6.56. The highest BCUT2D eigenvalue weighted by atomic mass is 16.6. The molecule has 136 valence electrons. The monoisotopic (exact) mass is 328 g/mol. The lowest BCUT2D eigenvalue weighted by Crippen LogP contribution is -2.46. The highest BCUT2D eigenvalue weighted by Gasteiger charge is 2.50. The zero-order chi connectivity index (χ0) is 17.7. The van der Waals surface area contributed by atoms with Gasteiger partial charge in [0, 0.05) is 0 Å². The quantitative estimate of drug-likeness (QED) is 0.274. The Kier molecular flexibility index (Phi) is 11.8. The van der Waals surface area contributed by atoms with Crippen molar-refractivity contribution in [3.63, 3.8) is 0 Å². The molecule has 0 rings (SSSR count). The molecule has 0 saturated carbocycles. The molecular formula is C19H36O4. The van der Waals surface area contributed by atoms with Crippen molar-refractivity contribution in [3.8, 4) is 0 Å². The van der Waals surface area contributed by atoms with E-state index in [1.807, 2.05) is 27.7 Å². The molecule has 0 aromatic heterocycles. The SMILES string of the molecule is CCCCCC(C(=O)OCCCC)(C(=O)OCCCC)C(C)C. The van der Waals surface area contributed by atoms with E-state index in [-0.39, 0.29) is 5.92 Å². The first-order valence-corrected chi connectivity index (χ1v) is 9.31. The van der Waals surface area contributed by atoms with Crippen LogP contribution in [0.25, 0.3) is 0 Å². The van der Waals surface area contributed by atoms with Crippen molar-refractivity contribution >= 4 is 11.9 Å². The predicted octanol–water partition coefficient (Wildman–Crippen LogP) is 4.90. The van der Waals surface area contributed by atoms with Crippen LogP contribution < -0.4 is 0 Å². The molecule has 0 aliphatic rings. The van der Waals surface area contributed by atoms with Crippen LogP contribution in [0.1, 0.15) is 86.0 Å². The average Bonchev–Trinajstić information content (AvgIpc) is 2.51. The third-order valence-electron chi connectivity index (χ3n) is 4.35. The fourth-order valence-electron chi connectivity index (χ4n) is 2.58. The maximum atomic E-state index is 12.7. The number of hydrogen-bond donors (Lipinski definition) is 0. The van der Waals surface area contributed by atoms with Crippen LogP contribution in [0.4, 0.5) is 0 Å². The molecule has 0 atom stereocenters. The smallest absolute Gasteiger partial charge is 0.323 e. The molecule has 0 heterocycles. The van der Waals surface area contributed by atoms with Crippen LogP contribution in [-0.4, -0.2) is 25.2 Å². The number of rotatable bonds is 13. The van der Waals surface area contributed by atoms with Crippen LogP contribution in [0.3, 0.4) is 0 Å². The maximum absolute atomic E-state index is 12.7. The van der Waals surface area contributed by atoms with Gasteiger partial charge in [-0.3, -0.25) is 9.59 Å². The highest BCUT2D eigenvalue weighted by Crippen LogP contribution is 2.37. The second-order valence-corrected chi connectivity index (χ2v) is 6.56. The van der Waals surface area contributed by atoms with Crippen molar-refractivity contribution in [2.24, 2.45) is 11.3 Å². The number of esters is 2. The van der Waals surface area contributed by atoms with Gasteiger partial charge >= 0.3 is 11.9 Å². The number of hydrogen-bond acceptors (Lipinski definition) is 4. The summed E-state index contributed by atoms with van der Waals surface area (Å²) in [5.41, 5.74) is -1.16. The fraction of sp³-hybridized carbons (Fsp3) is 0.895. The van der Waals surface area contributed by atoms with Crippen LogP contribution in [0, 0.1) is 11.3 Å². The molecule has 0 unspecified atom stereocenters. The summed E-state index contributed by atoms with van der Waals surface area (Å²) in [5.74, 6) is -0.945. The Morgan fingerprint density at radius 2 is 1.22 bits per heavy atom. The number of unbranched alkanes of at least 4 members (excludes halogenated alkanes) is 4. The first-order valence-electron chi connectivity index (χ1n) is 9.31. The Morgan fingerprint density at radius 1 is 0.783 bits per heavy atom. The summed E-state index contributed by atoms with van der Waals surface area (Å²) in [7, 11) is 0. The molecule has 0 radical (unpaired) electrons. The van der Waals surface area contributed by atoms with Gasteiger partial charge in [-0.15, -0.1) is 0 Å². The van der Waals surface area contributed by atoms with Gasteiger partial charge in [-0.05, 0) is 25.2 Å². The van der Waals surface area contributed by atoms with Gasteiger partial charge in [0.2, 0.25) is 0 Å². The zero-order valence-corrected chi connectivity index (χ0v) is 15.8. The lowest BCUT2D eigenvalue weighted by molar-refractivity contribution is -0.177. The first-order chi connectivity index (χ1) is 11.0. The molecule has 4 heteroatoms. The molecule has 4 nitrogen and oxygen atoms in total. The van der Waals surface area contributed by atoms with E-state index in [2.05, 4.69) is 6.92 Å². The molecule has 0 aliphatic heterocycles. The van der Waals surface area contributed by atoms with Crippen LogP contribution in [0.2, 0.25) is 0 Å². The topological polar surface area (TPSA) is 52.6 Å². The van der Waals surface area contributed by atoms with E-state index < -0.39 is 17.4 Å². The standard InChI is InChI=1S/C19H36O4/c1-6-9-12-13-19(16(4)5,17(20)22-14-10-7-2)18(21)23-15-11-8-3/h16H,6-15H2,1-5H3. The Balaban J connectivity index is 5.15. The minimum atomic E-state index is -1.16. The van der Waals surface area contributed by atoms with Gasteiger partial charge in [0.05, 0.1) is 13.2 Å². The van der Waals surface area contributed by atoms with Crippen molar-refractivity contribution in [2.45, 2.75) is 86.0 Å². The summed E-state index contributed by atoms with van der Waals surface area (Å²) < 4.78 is 10.9. The molecule has 0 spiro atoms. The van der Waals surface area contributed by atoms with E-state index in [1.165, 1.54) is 0 Å². The van der Waals surface area contributed by atoms with Crippen molar-refractivity contribution < 1.29 is 19.1 Å². The zero-order valence-electron chi connectivity index (χ0n) is 15.8. The van der Waals surface area contributed by atoms with Gasteiger partial charge in [-0.1, -0.05) is 66.7 Å². The van der Waals surface area contributed by atoms with Crippen LogP contribution >= 0.6 is 0 Å². The van der Waals surface area contributed by atoms with Gasteiger partial charge in [0.1, 0.15) is 0 Å². The molecular weight excluding hydrogens is 292 g/mol.